The first-order valence-corrected chi connectivity index (χ1v) is 9.10. The maximum Gasteiger partial charge on any atom is 0.283 e. The lowest BCUT2D eigenvalue weighted by molar-refractivity contribution is 0.700. The number of hydrogen-bond donors (Lipinski definition) is 0. The summed E-state index contributed by atoms with van der Waals surface area (Å²) in [5.41, 5.74) is 1.90. The predicted molar refractivity (Wildman–Crippen MR) is 90.3 cm³/mol. The lowest BCUT2D eigenvalue weighted by Gasteiger charge is -2.14. The average Bonchev–Trinajstić information content (AvgIpc) is 3.09. The molecule has 0 N–H and O–H groups in total. The summed E-state index contributed by atoms with van der Waals surface area (Å²) < 4.78 is 1.46. The molecule has 1 aliphatic heterocycles. The molecule has 0 unspecified atom stereocenters. The fourth-order valence-corrected chi connectivity index (χ4v) is 5.05. The van der Waals surface area contributed by atoms with Crippen LogP contribution in [-0.2, 0) is 0 Å². The quantitative estimate of drug-likeness (QED) is 0.640. The number of aromatic nitrogens is 2. The molecular weight excluding hydrogens is 322 g/mol. The standard InChI is InChI=1S/C14H11N3OS3/c1-7-8(2)21-12-11(7)13(18)17-14(15-12)20-6-9(16-17)10-4-3-5-19-10/h3-5H,6H2,1-2H3. The second-order valence-corrected chi connectivity index (χ2v) is 7.88. The fourth-order valence-electron chi connectivity index (χ4n) is 2.29. The van der Waals surface area contributed by atoms with Gasteiger partial charge in [-0.2, -0.15) is 9.78 Å². The molecule has 3 aromatic rings. The van der Waals surface area contributed by atoms with Crippen molar-refractivity contribution in [3.05, 3.63) is 43.2 Å². The first-order chi connectivity index (χ1) is 10.1. The van der Waals surface area contributed by atoms with Crippen molar-refractivity contribution in [3.63, 3.8) is 0 Å². The van der Waals surface area contributed by atoms with Crippen molar-refractivity contribution in [2.75, 3.05) is 5.75 Å². The number of thioether (sulfide) groups is 1. The van der Waals surface area contributed by atoms with Crippen molar-refractivity contribution in [3.8, 4) is 0 Å². The molecule has 21 heavy (non-hydrogen) atoms. The summed E-state index contributed by atoms with van der Waals surface area (Å²) in [4.78, 5) is 20.4. The highest BCUT2D eigenvalue weighted by molar-refractivity contribution is 7.99. The SMILES string of the molecule is Cc1sc2nc3n(c(=O)c2c1C)N=C(c1cccs1)CS3. The van der Waals surface area contributed by atoms with Gasteiger partial charge in [-0.1, -0.05) is 17.8 Å². The van der Waals surface area contributed by atoms with Crippen LogP contribution in [0.25, 0.3) is 10.2 Å². The van der Waals surface area contributed by atoms with Gasteiger partial charge in [0.25, 0.3) is 5.56 Å². The Labute approximate surface area is 133 Å². The Bertz CT molecular complexity index is 935. The third kappa shape index (κ3) is 1.99. The second-order valence-electron chi connectivity index (χ2n) is 4.79. The minimum absolute atomic E-state index is 0.0573. The fraction of sp³-hybridized carbons (Fsp3) is 0.214. The molecule has 1 aliphatic rings. The van der Waals surface area contributed by atoms with Crippen LogP contribution < -0.4 is 5.56 Å². The van der Waals surface area contributed by atoms with Crippen molar-refractivity contribution >= 4 is 50.4 Å². The van der Waals surface area contributed by atoms with Gasteiger partial charge in [-0.15, -0.1) is 22.7 Å². The van der Waals surface area contributed by atoms with Gasteiger partial charge in [-0.05, 0) is 30.9 Å². The Kier molecular flexibility index (Phi) is 3.02. The molecule has 4 rings (SSSR count). The van der Waals surface area contributed by atoms with Crippen molar-refractivity contribution in [2.24, 2.45) is 5.10 Å². The molecule has 0 bridgehead atoms. The van der Waals surface area contributed by atoms with E-state index < -0.39 is 0 Å². The zero-order valence-electron chi connectivity index (χ0n) is 11.4. The van der Waals surface area contributed by atoms with E-state index in [9.17, 15) is 4.79 Å². The summed E-state index contributed by atoms with van der Waals surface area (Å²) >= 11 is 4.80. The average molecular weight is 333 g/mol. The molecule has 4 nitrogen and oxygen atoms in total. The van der Waals surface area contributed by atoms with E-state index >= 15 is 0 Å². The molecule has 0 radical (unpaired) electrons. The van der Waals surface area contributed by atoms with Gasteiger partial charge in [-0.25, -0.2) is 4.98 Å². The van der Waals surface area contributed by atoms with Crippen LogP contribution in [0.2, 0.25) is 0 Å². The van der Waals surface area contributed by atoms with Crippen molar-refractivity contribution < 1.29 is 0 Å². The Hall–Kier alpha value is -1.44. The number of hydrogen-bond acceptors (Lipinski definition) is 6. The first kappa shape index (κ1) is 13.2. The lowest BCUT2D eigenvalue weighted by Crippen LogP contribution is -2.25. The van der Waals surface area contributed by atoms with E-state index in [-0.39, 0.29) is 5.56 Å². The normalized spacial score (nSPS) is 14.3. The highest BCUT2D eigenvalue weighted by atomic mass is 32.2. The third-order valence-corrected chi connectivity index (χ3v) is 6.48. The lowest BCUT2D eigenvalue weighted by atomic mass is 10.2. The van der Waals surface area contributed by atoms with E-state index in [1.165, 1.54) is 4.68 Å². The molecule has 7 heteroatoms. The summed E-state index contributed by atoms with van der Waals surface area (Å²) in [6, 6.07) is 4.03. The molecule has 0 aliphatic carbocycles. The van der Waals surface area contributed by atoms with Crippen LogP contribution in [0.3, 0.4) is 0 Å². The molecule has 0 fully saturated rings. The smallest absolute Gasteiger partial charge is 0.267 e. The van der Waals surface area contributed by atoms with Gasteiger partial charge in [0.05, 0.1) is 16.0 Å². The van der Waals surface area contributed by atoms with E-state index in [1.54, 1.807) is 34.4 Å². The Morgan fingerprint density at radius 3 is 2.95 bits per heavy atom. The van der Waals surface area contributed by atoms with Crippen LogP contribution in [-0.4, -0.2) is 21.1 Å². The van der Waals surface area contributed by atoms with Gasteiger partial charge in [-0.3, -0.25) is 4.79 Å². The summed E-state index contributed by atoms with van der Waals surface area (Å²) in [7, 11) is 0. The highest BCUT2D eigenvalue weighted by Gasteiger charge is 2.21. The van der Waals surface area contributed by atoms with Gasteiger partial charge in [0.1, 0.15) is 4.83 Å². The van der Waals surface area contributed by atoms with Crippen LogP contribution >= 0.6 is 34.4 Å². The molecular formula is C14H11N3OS3. The minimum atomic E-state index is -0.0573. The molecule has 0 atom stereocenters. The molecule has 3 aromatic heterocycles. The van der Waals surface area contributed by atoms with Crippen LogP contribution in [0.1, 0.15) is 15.3 Å². The summed E-state index contributed by atoms with van der Waals surface area (Å²) in [5.74, 6) is 0.752. The first-order valence-electron chi connectivity index (χ1n) is 6.42. The monoisotopic (exact) mass is 333 g/mol. The van der Waals surface area contributed by atoms with E-state index in [4.69, 9.17) is 0 Å². The van der Waals surface area contributed by atoms with Gasteiger partial charge in [0, 0.05) is 10.6 Å². The van der Waals surface area contributed by atoms with Crippen molar-refractivity contribution in [1.29, 1.82) is 0 Å². The summed E-state index contributed by atoms with van der Waals surface area (Å²) in [6.07, 6.45) is 0. The molecule has 0 aromatic carbocycles. The summed E-state index contributed by atoms with van der Waals surface area (Å²) in [5, 5.41) is 7.96. The number of rotatable bonds is 1. The Morgan fingerprint density at radius 1 is 1.33 bits per heavy atom. The zero-order valence-corrected chi connectivity index (χ0v) is 13.9. The summed E-state index contributed by atoms with van der Waals surface area (Å²) in [6.45, 7) is 4.00. The topological polar surface area (TPSA) is 47.2 Å². The van der Waals surface area contributed by atoms with E-state index in [0.29, 0.717) is 10.5 Å². The molecule has 0 saturated heterocycles. The number of thiophene rings is 2. The zero-order chi connectivity index (χ0) is 14.6. The van der Waals surface area contributed by atoms with Gasteiger partial charge < -0.3 is 0 Å². The maximum atomic E-state index is 12.7. The Morgan fingerprint density at radius 2 is 2.19 bits per heavy atom. The van der Waals surface area contributed by atoms with Crippen LogP contribution in [0.5, 0.6) is 0 Å². The third-order valence-electron chi connectivity index (χ3n) is 3.52. The molecule has 4 heterocycles. The molecule has 0 spiro atoms. The minimum Gasteiger partial charge on any atom is -0.267 e. The highest BCUT2D eigenvalue weighted by Crippen LogP contribution is 2.30. The van der Waals surface area contributed by atoms with Crippen LogP contribution in [0, 0.1) is 13.8 Å². The van der Waals surface area contributed by atoms with Gasteiger partial charge >= 0.3 is 0 Å². The van der Waals surface area contributed by atoms with Gasteiger partial charge in [0.2, 0.25) is 0 Å². The largest absolute Gasteiger partial charge is 0.283 e. The number of nitrogens with zero attached hydrogens (tertiary/aromatic N) is 3. The van der Waals surface area contributed by atoms with E-state index in [0.717, 1.165) is 31.6 Å². The molecule has 0 saturated carbocycles. The maximum absolute atomic E-state index is 12.7. The van der Waals surface area contributed by atoms with Gasteiger partial charge in [0.15, 0.2) is 5.16 Å². The molecule has 106 valence electrons. The van der Waals surface area contributed by atoms with E-state index in [2.05, 4.69) is 10.1 Å². The predicted octanol–water partition coefficient (Wildman–Crippen LogP) is 3.49. The van der Waals surface area contributed by atoms with Crippen molar-refractivity contribution in [1.82, 2.24) is 9.66 Å². The number of aryl methyl sites for hydroxylation is 2. The second kappa shape index (κ2) is 4.79. The van der Waals surface area contributed by atoms with E-state index in [1.807, 2.05) is 31.4 Å². The molecule has 0 amide bonds. The Balaban J connectivity index is 2.00. The van der Waals surface area contributed by atoms with Crippen LogP contribution in [0.4, 0.5) is 0 Å². The van der Waals surface area contributed by atoms with Crippen molar-refractivity contribution in [2.45, 2.75) is 19.0 Å². The van der Waals surface area contributed by atoms with Crippen LogP contribution in [0.15, 0.2) is 32.6 Å². The number of fused-ring (bicyclic) bond motifs is 2.